The lowest BCUT2D eigenvalue weighted by molar-refractivity contribution is -0.116. The summed E-state index contributed by atoms with van der Waals surface area (Å²) in [5.41, 5.74) is 7.46. The summed E-state index contributed by atoms with van der Waals surface area (Å²) in [6.07, 6.45) is 1.83. The fourth-order valence-electron chi connectivity index (χ4n) is 1.90. The quantitative estimate of drug-likeness (QED) is 0.784. The number of nitrogens with two attached hydrogens (primary N) is 1. The molecule has 0 aliphatic rings. The van der Waals surface area contributed by atoms with E-state index in [0.29, 0.717) is 0 Å². The minimum Gasteiger partial charge on any atom is -0.368 e. The maximum absolute atomic E-state index is 11.1. The van der Waals surface area contributed by atoms with Crippen LogP contribution in [0.1, 0.15) is 25.0 Å². The summed E-state index contributed by atoms with van der Waals surface area (Å²) < 4.78 is 0. The van der Waals surface area contributed by atoms with E-state index in [-0.39, 0.29) is 18.5 Å². The number of carbonyl (C=O) groups is 1. The lowest BCUT2D eigenvalue weighted by atomic mass is 10.1. The average molecular weight is 250 g/mol. The summed E-state index contributed by atoms with van der Waals surface area (Å²) >= 11 is 0. The van der Waals surface area contributed by atoms with E-state index in [1.165, 1.54) is 0 Å². The van der Waals surface area contributed by atoms with Gasteiger partial charge in [0.1, 0.15) is 5.82 Å². The highest BCUT2D eigenvalue weighted by Crippen LogP contribution is 2.19. The molecule has 0 aromatic carbocycles. The maximum Gasteiger partial charge on any atom is 0.237 e. The molecule has 5 nitrogen and oxygen atoms in total. The number of aromatic nitrogens is 1. The van der Waals surface area contributed by atoms with E-state index in [1.807, 2.05) is 38.9 Å². The molecule has 0 bridgehead atoms. The Morgan fingerprint density at radius 2 is 2.22 bits per heavy atom. The van der Waals surface area contributed by atoms with E-state index in [2.05, 4.69) is 16.4 Å². The van der Waals surface area contributed by atoms with Crippen LogP contribution in [0.5, 0.6) is 0 Å². The molecule has 1 aromatic heterocycles. The molecule has 1 aromatic rings. The number of hydrogen-bond donors (Lipinski definition) is 2. The van der Waals surface area contributed by atoms with E-state index >= 15 is 0 Å². The van der Waals surface area contributed by atoms with Crippen LogP contribution in [0.25, 0.3) is 0 Å². The van der Waals surface area contributed by atoms with Gasteiger partial charge in [0.25, 0.3) is 0 Å². The minimum absolute atomic E-state index is 0.179. The molecule has 0 atom stereocenters. The zero-order chi connectivity index (χ0) is 13.7. The standard InChI is InChI=1S/C13H22N4O/c1-9(2)17(8-12(14)18)13-10(3)5-11(6-15-4)7-16-13/h5,7,9,15H,6,8H2,1-4H3,(H2,14,18). The van der Waals surface area contributed by atoms with Crippen LogP contribution in [0.2, 0.25) is 0 Å². The third kappa shape index (κ3) is 3.70. The molecule has 100 valence electrons. The maximum atomic E-state index is 11.1. The van der Waals surface area contributed by atoms with Gasteiger partial charge in [0.15, 0.2) is 0 Å². The number of anilines is 1. The Morgan fingerprint density at radius 1 is 1.56 bits per heavy atom. The first-order valence-electron chi connectivity index (χ1n) is 6.10. The van der Waals surface area contributed by atoms with Gasteiger partial charge in [0, 0.05) is 18.8 Å². The molecule has 1 rings (SSSR count). The lowest BCUT2D eigenvalue weighted by Gasteiger charge is -2.28. The molecular weight excluding hydrogens is 228 g/mol. The number of carbonyl (C=O) groups excluding carboxylic acids is 1. The lowest BCUT2D eigenvalue weighted by Crippen LogP contribution is -2.39. The number of hydrogen-bond acceptors (Lipinski definition) is 4. The highest BCUT2D eigenvalue weighted by molar-refractivity contribution is 5.79. The van der Waals surface area contributed by atoms with Gasteiger partial charge < -0.3 is 16.0 Å². The van der Waals surface area contributed by atoms with E-state index in [9.17, 15) is 4.79 Å². The van der Waals surface area contributed by atoms with Gasteiger partial charge >= 0.3 is 0 Å². The summed E-state index contributed by atoms with van der Waals surface area (Å²) in [5.74, 6) is 0.479. The number of nitrogens with one attached hydrogen (secondary N) is 1. The molecule has 1 heterocycles. The number of rotatable bonds is 6. The van der Waals surface area contributed by atoms with Gasteiger partial charge in [-0.15, -0.1) is 0 Å². The first kappa shape index (κ1) is 14.4. The predicted molar refractivity (Wildman–Crippen MR) is 73.4 cm³/mol. The van der Waals surface area contributed by atoms with Crippen LogP contribution in [-0.2, 0) is 11.3 Å². The zero-order valence-corrected chi connectivity index (χ0v) is 11.5. The smallest absolute Gasteiger partial charge is 0.237 e. The van der Waals surface area contributed by atoms with Crippen molar-refractivity contribution in [2.45, 2.75) is 33.4 Å². The Bertz CT molecular complexity index is 417. The van der Waals surface area contributed by atoms with Crippen LogP contribution in [0.4, 0.5) is 5.82 Å². The van der Waals surface area contributed by atoms with Crippen molar-refractivity contribution in [1.82, 2.24) is 10.3 Å². The van der Waals surface area contributed by atoms with Crippen LogP contribution >= 0.6 is 0 Å². The highest BCUT2D eigenvalue weighted by atomic mass is 16.1. The average Bonchev–Trinajstić information content (AvgIpc) is 2.26. The van der Waals surface area contributed by atoms with Crippen molar-refractivity contribution in [1.29, 1.82) is 0 Å². The van der Waals surface area contributed by atoms with Crippen molar-refractivity contribution in [2.24, 2.45) is 5.73 Å². The van der Waals surface area contributed by atoms with Crippen LogP contribution in [0.3, 0.4) is 0 Å². The van der Waals surface area contributed by atoms with Gasteiger partial charge in [-0.05, 0) is 45.0 Å². The van der Waals surface area contributed by atoms with E-state index in [0.717, 1.165) is 23.5 Å². The predicted octanol–water partition coefficient (Wildman–Crippen LogP) is 0.810. The minimum atomic E-state index is -0.343. The first-order chi connectivity index (χ1) is 8.45. The molecule has 0 saturated carbocycles. The molecule has 1 amide bonds. The van der Waals surface area contributed by atoms with Gasteiger partial charge in [0.2, 0.25) is 5.91 Å². The van der Waals surface area contributed by atoms with Gasteiger partial charge in [0.05, 0.1) is 6.54 Å². The Morgan fingerprint density at radius 3 is 2.67 bits per heavy atom. The van der Waals surface area contributed by atoms with Gasteiger partial charge in [-0.25, -0.2) is 4.98 Å². The molecule has 0 fully saturated rings. The second-order valence-electron chi connectivity index (χ2n) is 4.70. The molecule has 18 heavy (non-hydrogen) atoms. The molecular formula is C13H22N4O. The van der Waals surface area contributed by atoms with E-state index in [1.54, 1.807) is 0 Å². The van der Waals surface area contributed by atoms with Crippen molar-refractivity contribution in [2.75, 3.05) is 18.5 Å². The second-order valence-corrected chi connectivity index (χ2v) is 4.70. The molecule has 0 spiro atoms. The normalized spacial score (nSPS) is 10.7. The second kappa shape index (κ2) is 6.35. The van der Waals surface area contributed by atoms with Crippen molar-refractivity contribution in [3.05, 3.63) is 23.4 Å². The number of amides is 1. The largest absolute Gasteiger partial charge is 0.368 e. The van der Waals surface area contributed by atoms with Gasteiger partial charge in [-0.2, -0.15) is 0 Å². The highest BCUT2D eigenvalue weighted by Gasteiger charge is 2.16. The zero-order valence-electron chi connectivity index (χ0n) is 11.5. The monoisotopic (exact) mass is 250 g/mol. The fourth-order valence-corrected chi connectivity index (χ4v) is 1.90. The van der Waals surface area contributed by atoms with Crippen molar-refractivity contribution in [3.8, 4) is 0 Å². The molecule has 5 heteroatoms. The Labute approximate surface area is 108 Å². The van der Waals surface area contributed by atoms with Crippen LogP contribution in [0, 0.1) is 6.92 Å². The summed E-state index contributed by atoms with van der Waals surface area (Å²) in [7, 11) is 1.90. The molecule has 0 aliphatic carbocycles. The van der Waals surface area contributed by atoms with Crippen LogP contribution in [-0.4, -0.2) is 30.5 Å². The molecule has 0 saturated heterocycles. The number of aryl methyl sites for hydroxylation is 1. The summed E-state index contributed by atoms with van der Waals surface area (Å²) in [6.45, 7) is 7.01. The van der Waals surface area contributed by atoms with Crippen LogP contribution < -0.4 is 16.0 Å². The number of nitrogens with zero attached hydrogens (tertiary/aromatic N) is 2. The number of primary amides is 1. The topological polar surface area (TPSA) is 71.2 Å². The first-order valence-corrected chi connectivity index (χ1v) is 6.10. The molecule has 0 aliphatic heterocycles. The van der Waals surface area contributed by atoms with Crippen molar-refractivity contribution >= 4 is 11.7 Å². The molecule has 0 unspecified atom stereocenters. The summed E-state index contributed by atoms with van der Waals surface area (Å²) in [5, 5.41) is 3.09. The number of pyridine rings is 1. The third-order valence-electron chi connectivity index (χ3n) is 2.71. The summed E-state index contributed by atoms with van der Waals surface area (Å²) in [6, 6.07) is 2.26. The third-order valence-corrected chi connectivity index (χ3v) is 2.71. The van der Waals surface area contributed by atoms with E-state index < -0.39 is 0 Å². The summed E-state index contributed by atoms with van der Waals surface area (Å²) in [4.78, 5) is 17.5. The van der Waals surface area contributed by atoms with Gasteiger partial charge in [-0.3, -0.25) is 4.79 Å². The van der Waals surface area contributed by atoms with E-state index in [4.69, 9.17) is 5.73 Å². The fraction of sp³-hybridized carbons (Fsp3) is 0.538. The molecule has 0 radical (unpaired) electrons. The van der Waals surface area contributed by atoms with Crippen molar-refractivity contribution < 1.29 is 4.79 Å². The Hall–Kier alpha value is -1.62. The van der Waals surface area contributed by atoms with Crippen molar-refractivity contribution in [3.63, 3.8) is 0 Å². The Balaban J connectivity index is 3.01. The Kier molecular flexibility index (Phi) is 5.09. The van der Waals surface area contributed by atoms with Crippen LogP contribution in [0.15, 0.2) is 12.3 Å². The molecule has 3 N–H and O–H groups in total. The van der Waals surface area contributed by atoms with Gasteiger partial charge in [-0.1, -0.05) is 0 Å². The SMILES string of the molecule is CNCc1cnc(N(CC(N)=O)C(C)C)c(C)c1.